The number of hydrogen-bond donors (Lipinski definition) is 3. The Hall–Kier alpha value is -4.70. The number of aromatic nitrogens is 2. The fourth-order valence-electron chi connectivity index (χ4n) is 3.17. The van der Waals surface area contributed by atoms with E-state index in [1.807, 2.05) is 62.4 Å². The van der Waals surface area contributed by atoms with Gasteiger partial charge in [0.1, 0.15) is 5.82 Å². The number of rotatable bonds is 6. The number of carbonyl (C=O) groups excluding carboxylic acids is 1. The normalized spacial score (nSPS) is 10.2. The molecule has 7 heteroatoms. The van der Waals surface area contributed by atoms with Crippen molar-refractivity contribution in [3.63, 3.8) is 0 Å². The molecule has 0 radical (unpaired) electrons. The molecule has 162 valence electrons. The highest BCUT2D eigenvalue weighted by atomic mass is 16.1. The Morgan fingerprint density at radius 1 is 0.818 bits per heavy atom. The van der Waals surface area contributed by atoms with Crippen molar-refractivity contribution in [2.24, 2.45) is 0 Å². The molecular formula is C26H22N6O. The number of amides is 1. The van der Waals surface area contributed by atoms with E-state index in [1.165, 1.54) is 5.56 Å². The zero-order valence-electron chi connectivity index (χ0n) is 18.3. The minimum Gasteiger partial charge on any atom is -0.340 e. The van der Waals surface area contributed by atoms with E-state index in [9.17, 15) is 4.79 Å². The van der Waals surface area contributed by atoms with Crippen LogP contribution in [0.15, 0.2) is 78.9 Å². The summed E-state index contributed by atoms with van der Waals surface area (Å²) in [6, 6.07) is 25.8. The Labute approximate surface area is 192 Å². The average Bonchev–Trinajstić information content (AvgIpc) is 2.81. The van der Waals surface area contributed by atoms with Gasteiger partial charge in [-0.2, -0.15) is 10.2 Å². The zero-order chi connectivity index (χ0) is 23.2. The van der Waals surface area contributed by atoms with Crippen LogP contribution in [0.3, 0.4) is 0 Å². The van der Waals surface area contributed by atoms with Gasteiger partial charge in [0.05, 0.1) is 11.6 Å². The standard InChI is InChI=1S/C26H22N6O/c1-17-6-8-21(9-7-17)29-24-14-18(2)28-26(32-24)31-23-12-10-22(11-13-23)30-25(33)20-5-3-4-19(15-20)16-27/h3-15H,1-2H3,(H,30,33)(H2,28,29,31,32). The van der Waals surface area contributed by atoms with E-state index in [0.29, 0.717) is 28.6 Å². The van der Waals surface area contributed by atoms with Gasteiger partial charge in [-0.15, -0.1) is 0 Å². The van der Waals surface area contributed by atoms with Gasteiger partial charge in [-0.1, -0.05) is 23.8 Å². The lowest BCUT2D eigenvalue weighted by Crippen LogP contribution is -2.12. The van der Waals surface area contributed by atoms with Crippen LogP contribution < -0.4 is 16.0 Å². The smallest absolute Gasteiger partial charge is 0.255 e. The lowest BCUT2D eigenvalue weighted by Gasteiger charge is -2.11. The lowest BCUT2D eigenvalue weighted by atomic mass is 10.1. The summed E-state index contributed by atoms with van der Waals surface area (Å²) in [5, 5.41) is 18.3. The molecule has 0 aliphatic rings. The van der Waals surface area contributed by atoms with Gasteiger partial charge < -0.3 is 16.0 Å². The summed E-state index contributed by atoms with van der Waals surface area (Å²) in [5.41, 5.74) is 5.26. The van der Waals surface area contributed by atoms with Crippen LogP contribution in [0.25, 0.3) is 0 Å². The van der Waals surface area contributed by atoms with Gasteiger partial charge in [0.25, 0.3) is 5.91 Å². The van der Waals surface area contributed by atoms with Crippen LogP contribution in [0.1, 0.15) is 27.2 Å². The summed E-state index contributed by atoms with van der Waals surface area (Å²) in [6.07, 6.45) is 0. The Balaban J connectivity index is 1.43. The quantitative estimate of drug-likeness (QED) is 0.359. The molecule has 3 N–H and O–H groups in total. The van der Waals surface area contributed by atoms with Gasteiger partial charge in [0, 0.05) is 34.4 Å². The number of hydrogen-bond acceptors (Lipinski definition) is 6. The third-order valence-electron chi connectivity index (χ3n) is 4.83. The summed E-state index contributed by atoms with van der Waals surface area (Å²) in [6.45, 7) is 3.96. The summed E-state index contributed by atoms with van der Waals surface area (Å²) < 4.78 is 0. The van der Waals surface area contributed by atoms with Crippen molar-refractivity contribution in [3.05, 3.63) is 101 Å². The molecule has 0 spiro atoms. The lowest BCUT2D eigenvalue weighted by molar-refractivity contribution is 0.102. The van der Waals surface area contributed by atoms with Gasteiger partial charge in [0.2, 0.25) is 5.95 Å². The van der Waals surface area contributed by atoms with Gasteiger partial charge >= 0.3 is 0 Å². The molecule has 1 aromatic heterocycles. The van der Waals surface area contributed by atoms with E-state index in [4.69, 9.17) is 5.26 Å². The Morgan fingerprint density at radius 3 is 2.21 bits per heavy atom. The number of nitrogens with one attached hydrogen (secondary N) is 3. The summed E-state index contributed by atoms with van der Waals surface area (Å²) >= 11 is 0. The third-order valence-corrected chi connectivity index (χ3v) is 4.83. The van der Waals surface area contributed by atoms with Crippen LogP contribution in [0.4, 0.5) is 28.8 Å². The maximum absolute atomic E-state index is 12.4. The van der Waals surface area contributed by atoms with E-state index in [1.54, 1.807) is 36.4 Å². The van der Waals surface area contributed by atoms with Crippen LogP contribution in [0.2, 0.25) is 0 Å². The molecule has 0 saturated heterocycles. The van der Waals surface area contributed by atoms with Crippen molar-refractivity contribution in [1.82, 2.24) is 9.97 Å². The van der Waals surface area contributed by atoms with E-state index >= 15 is 0 Å². The zero-order valence-corrected chi connectivity index (χ0v) is 18.3. The highest BCUT2D eigenvalue weighted by molar-refractivity contribution is 6.04. The average molecular weight is 435 g/mol. The first-order chi connectivity index (χ1) is 16.0. The second-order valence-corrected chi connectivity index (χ2v) is 7.56. The van der Waals surface area contributed by atoms with Crippen LogP contribution in [0, 0.1) is 25.2 Å². The van der Waals surface area contributed by atoms with Crippen molar-refractivity contribution < 1.29 is 4.79 Å². The van der Waals surface area contributed by atoms with Gasteiger partial charge in [-0.05, 0) is 68.4 Å². The molecule has 0 bridgehead atoms. The molecule has 4 rings (SSSR count). The number of anilines is 5. The van der Waals surface area contributed by atoms with Crippen molar-refractivity contribution in [2.45, 2.75) is 13.8 Å². The van der Waals surface area contributed by atoms with Gasteiger partial charge in [-0.3, -0.25) is 4.79 Å². The van der Waals surface area contributed by atoms with Crippen LogP contribution in [-0.4, -0.2) is 15.9 Å². The molecule has 0 saturated carbocycles. The van der Waals surface area contributed by atoms with E-state index in [0.717, 1.165) is 17.1 Å². The Bertz CT molecular complexity index is 1320. The number of nitrogens with zero attached hydrogens (tertiary/aromatic N) is 3. The highest BCUT2D eigenvalue weighted by Gasteiger charge is 2.08. The highest BCUT2D eigenvalue weighted by Crippen LogP contribution is 2.21. The fraction of sp³-hybridized carbons (Fsp3) is 0.0769. The minimum absolute atomic E-state index is 0.276. The molecule has 3 aromatic carbocycles. The van der Waals surface area contributed by atoms with Crippen molar-refractivity contribution in [2.75, 3.05) is 16.0 Å². The molecule has 4 aromatic rings. The van der Waals surface area contributed by atoms with Crippen LogP contribution in [0.5, 0.6) is 0 Å². The molecular weight excluding hydrogens is 412 g/mol. The molecule has 1 heterocycles. The van der Waals surface area contributed by atoms with Crippen LogP contribution >= 0.6 is 0 Å². The largest absolute Gasteiger partial charge is 0.340 e. The molecule has 0 aliphatic carbocycles. The monoisotopic (exact) mass is 434 g/mol. The van der Waals surface area contributed by atoms with Crippen LogP contribution in [-0.2, 0) is 0 Å². The molecule has 0 unspecified atom stereocenters. The molecule has 0 atom stereocenters. The van der Waals surface area contributed by atoms with Crippen molar-refractivity contribution in [3.8, 4) is 6.07 Å². The predicted molar refractivity (Wildman–Crippen MR) is 130 cm³/mol. The minimum atomic E-state index is -0.276. The maximum Gasteiger partial charge on any atom is 0.255 e. The number of aryl methyl sites for hydroxylation is 2. The molecule has 33 heavy (non-hydrogen) atoms. The SMILES string of the molecule is Cc1ccc(Nc2cc(C)nc(Nc3ccc(NC(=O)c4cccc(C#N)c4)cc3)n2)cc1. The summed E-state index contributed by atoms with van der Waals surface area (Å²) in [5.74, 6) is 0.883. The second-order valence-electron chi connectivity index (χ2n) is 7.56. The first kappa shape index (κ1) is 21.5. The fourth-order valence-corrected chi connectivity index (χ4v) is 3.17. The molecule has 7 nitrogen and oxygen atoms in total. The van der Waals surface area contributed by atoms with Gasteiger partial charge in [-0.25, -0.2) is 4.98 Å². The molecule has 0 aliphatic heterocycles. The first-order valence-electron chi connectivity index (χ1n) is 10.4. The predicted octanol–water partition coefficient (Wildman–Crippen LogP) is 5.70. The topological polar surface area (TPSA) is 103 Å². The number of benzene rings is 3. The molecule has 0 fully saturated rings. The Kier molecular flexibility index (Phi) is 6.28. The van der Waals surface area contributed by atoms with E-state index in [2.05, 4.69) is 25.9 Å². The number of carbonyl (C=O) groups is 1. The van der Waals surface area contributed by atoms with Crippen molar-refractivity contribution in [1.29, 1.82) is 5.26 Å². The van der Waals surface area contributed by atoms with E-state index < -0.39 is 0 Å². The first-order valence-corrected chi connectivity index (χ1v) is 10.4. The summed E-state index contributed by atoms with van der Waals surface area (Å²) in [7, 11) is 0. The number of nitriles is 1. The second kappa shape index (κ2) is 9.62. The maximum atomic E-state index is 12.4. The Morgan fingerprint density at radius 2 is 1.48 bits per heavy atom. The third kappa shape index (κ3) is 5.71. The van der Waals surface area contributed by atoms with E-state index in [-0.39, 0.29) is 5.91 Å². The van der Waals surface area contributed by atoms with Crippen molar-refractivity contribution >= 4 is 34.7 Å². The molecule has 1 amide bonds. The summed E-state index contributed by atoms with van der Waals surface area (Å²) in [4.78, 5) is 21.4. The van der Waals surface area contributed by atoms with Gasteiger partial charge in [0.15, 0.2) is 0 Å².